The van der Waals surface area contributed by atoms with Crippen molar-refractivity contribution in [3.8, 4) is 17.6 Å². The van der Waals surface area contributed by atoms with Gasteiger partial charge < -0.3 is 9.53 Å². The first-order valence-corrected chi connectivity index (χ1v) is 9.80. The molecule has 1 heterocycles. The average molecular weight is 383 g/mol. The maximum atomic E-state index is 11.2. The first kappa shape index (κ1) is 20.4. The van der Waals surface area contributed by atoms with E-state index in [-0.39, 0.29) is 5.78 Å². The van der Waals surface area contributed by atoms with Crippen molar-refractivity contribution in [1.82, 2.24) is 4.98 Å². The van der Waals surface area contributed by atoms with E-state index in [0.29, 0.717) is 18.9 Å². The lowest BCUT2D eigenvalue weighted by molar-refractivity contribution is -0.117. The number of hydrogen-bond acceptors (Lipinski definition) is 3. The molecule has 0 aliphatic rings. The number of benzene rings is 2. The minimum Gasteiger partial charge on any atom is -0.489 e. The van der Waals surface area contributed by atoms with Gasteiger partial charge in [0.2, 0.25) is 0 Å². The van der Waals surface area contributed by atoms with Crippen LogP contribution in [-0.4, -0.2) is 10.8 Å². The molecule has 0 spiro atoms. The van der Waals surface area contributed by atoms with Gasteiger partial charge in [0.1, 0.15) is 18.1 Å². The van der Waals surface area contributed by atoms with Crippen LogP contribution in [0.5, 0.6) is 5.75 Å². The molecule has 0 fully saturated rings. The van der Waals surface area contributed by atoms with Crippen LogP contribution in [0.15, 0.2) is 73.1 Å². The van der Waals surface area contributed by atoms with E-state index in [1.165, 1.54) is 5.56 Å². The highest BCUT2D eigenvalue weighted by Crippen LogP contribution is 2.15. The molecule has 0 bridgehead atoms. The van der Waals surface area contributed by atoms with E-state index >= 15 is 0 Å². The van der Waals surface area contributed by atoms with E-state index in [1.807, 2.05) is 48.5 Å². The Bertz CT molecular complexity index is 981. The summed E-state index contributed by atoms with van der Waals surface area (Å²) in [4.78, 5) is 15.3. The summed E-state index contributed by atoms with van der Waals surface area (Å²) in [6.07, 6.45) is 5.09. The molecule has 0 amide bonds. The van der Waals surface area contributed by atoms with Crippen LogP contribution in [0.1, 0.15) is 42.5 Å². The first-order chi connectivity index (χ1) is 14.1. The summed E-state index contributed by atoms with van der Waals surface area (Å²) in [5.41, 5.74) is 4.19. The second kappa shape index (κ2) is 10.2. The van der Waals surface area contributed by atoms with Gasteiger partial charge in [-0.25, -0.2) is 0 Å². The second-order valence-corrected chi connectivity index (χ2v) is 7.34. The highest BCUT2D eigenvalue weighted by atomic mass is 16.5. The Balaban J connectivity index is 1.54. The van der Waals surface area contributed by atoms with Crippen LogP contribution in [-0.2, 0) is 17.8 Å². The summed E-state index contributed by atoms with van der Waals surface area (Å²) in [7, 11) is 0. The van der Waals surface area contributed by atoms with E-state index in [9.17, 15) is 4.79 Å². The van der Waals surface area contributed by atoms with Crippen molar-refractivity contribution in [1.29, 1.82) is 0 Å². The molecular formula is C26H25NO2. The molecule has 0 aliphatic carbocycles. The normalized spacial score (nSPS) is 11.2. The second-order valence-electron chi connectivity index (χ2n) is 7.34. The zero-order chi connectivity index (χ0) is 20.5. The molecule has 1 aromatic heterocycles. The smallest absolute Gasteiger partial charge is 0.130 e. The fraction of sp³-hybridized carbons (Fsp3) is 0.231. The predicted octanol–water partition coefficient (Wildman–Crippen LogP) is 5.22. The molecule has 3 aromatic rings. The van der Waals surface area contributed by atoms with Crippen LogP contribution in [0, 0.1) is 17.8 Å². The number of carbonyl (C=O) groups is 1. The van der Waals surface area contributed by atoms with E-state index in [1.54, 1.807) is 19.3 Å². The molecule has 0 radical (unpaired) electrons. The molecule has 3 rings (SSSR count). The third-order valence-corrected chi connectivity index (χ3v) is 4.51. The molecular weight excluding hydrogens is 358 g/mol. The Hall–Kier alpha value is -3.38. The molecule has 146 valence electrons. The minimum atomic E-state index is 0.244. The number of aromatic nitrogens is 1. The zero-order valence-electron chi connectivity index (χ0n) is 16.9. The Morgan fingerprint density at radius 1 is 0.966 bits per heavy atom. The fourth-order valence-corrected chi connectivity index (χ4v) is 3.12. The lowest BCUT2D eigenvalue weighted by atomic mass is 9.96. The summed E-state index contributed by atoms with van der Waals surface area (Å²) in [6.45, 7) is 4.25. The van der Waals surface area contributed by atoms with Gasteiger partial charge in [-0.15, -0.1) is 0 Å². The van der Waals surface area contributed by atoms with Crippen molar-refractivity contribution in [2.24, 2.45) is 5.92 Å². The molecule has 0 N–H and O–H groups in total. The summed E-state index contributed by atoms with van der Waals surface area (Å²) in [6, 6.07) is 19.9. The van der Waals surface area contributed by atoms with Gasteiger partial charge in [0.25, 0.3) is 0 Å². The quantitative estimate of drug-likeness (QED) is 0.525. The lowest BCUT2D eigenvalue weighted by Crippen LogP contribution is -2.04. The maximum absolute atomic E-state index is 11.2. The van der Waals surface area contributed by atoms with Gasteiger partial charge in [0.15, 0.2) is 0 Å². The van der Waals surface area contributed by atoms with Gasteiger partial charge in [-0.1, -0.05) is 37.0 Å². The standard InChI is InChI=1S/C26H25NO2/c1-20(16-21(2)28)17-24-9-7-22(8-10-24)5-6-23-11-13-26(14-12-23)29-19-25-4-3-15-27-18-25/h3-4,7-15,18,20H,16-17,19H2,1-2H3. The van der Waals surface area contributed by atoms with Crippen molar-refractivity contribution in [3.05, 3.63) is 95.3 Å². The van der Waals surface area contributed by atoms with Gasteiger partial charge in [0.05, 0.1) is 0 Å². The number of hydrogen-bond donors (Lipinski definition) is 0. The van der Waals surface area contributed by atoms with Crippen molar-refractivity contribution in [3.63, 3.8) is 0 Å². The molecule has 0 saturated heterocycles. The Morgan fingerprint density at radius 3 is 2.21 bits per heavy atom. The van der Waals surface area contributed by atoms with Gasteiger partial charge in [-0.2, -0.15) is 0 Å². The van der Waals surface area contributed by atoms with Crippen LogP contribution in [0.4, 0.5) is 0 Å². The Morgan fingerprint density at radius 2 is 1.62 bits per heavy atom. The molecule has 0 aliphatic heterocycles. The summed E-state index contributed by atoms with van der Waals surface area (Å²) >= 11 is 0. The molecule has 1 unspecified atom stereocenters. The number of Topliss-reactive ketones (excluding diaryl/α,β-unsaturated/α-hetero) is 1. The predicted molar refractivity (Wildman–Crippen MR) is 116 cm³/mol. The van der Waals surface area contributed by atoms with E-state index in [2.05, 4.69) is 35.9 Å². The number of rotatable bonds is 7. The van der Waals surface area contributed by atoms with Crippen molar-refractivity contribution >= 4 is 5.78 Å². The highest BCUT2D eigenvalue weighted by molar-refractivity contribution is 5.75. The summed E-state index contributed by atoms with van der Waals surface area (Å²) in [5, 5.41) is 0. The third kappa shape index (κ3) is 6.93. The number of ketones is 1. The highest BCUT2D eigenvalue weighted by Gasteiger charge is 2.06. The van der Waals surface area contributed by atoms with Crippen molar-refractivity contribution < 1.29 is 9.53 Å². The number of ether oxygens (including phenoxy) is 1. The summed E-state index contributed by atoms with van der Waals surface area (Å²) in [5.74, 6) is 7.80. The third-order valence-electron chi connectivity index (χ3n) is 4.51. The molecule has 1 atom stereocenters. The Kier molecular flexibility index (Phi) is 7.19. The van der Waals surface area contributed by atoms with Crippen molar-refractivity contribution in [2.75, 3.05) is 0 Å². The van der Waals surface area contributed by atoms with Gasteiger partial charge >= 0.3 is 0 Å². The first-order valence-electron chi connectivity index (χ1n) is 9.80. The zero-order valence-corrected chi connectivity index (χ0v) is 16.9. The number of pyridine rings is 1. The number of carbonyl (C=O) groups excluding carboxylic acids is 1. The molecule has 2 aromatic carbocycles. The summed E-state index contributed by atoms with van der Waals surface area (Å²) < 4.78 is 5.77. The maximum Gasteiger partial charge on any atom is 0.130 e. The largest absolute Gasteiger partial charge is 0.489 e. The van der Waals surface area contributed by atoms with Gasteiger partial charge in [-0.05, 0) is 67.3 Å². The molecule has 29 heavy (non-hydrogen) atoms. The lowest BCUT2D eigenvalue weighted by Gasteiger charge is -2.09. The van der Waals surface area contributed by atoms with Crippen LogP contribution < -0.4 is 4.74 Å². The van der Waals surface area contributed by atoms with E-state index in [0.717, 1.165) is 28.9 Å². The Labute approximate surface area is 172 Å². The number of nitrogens with zero attached hydrogens (tertiary/aromatic N) is 1. The molecule has 0 saturated carbocycles. The van der Waals surface area contributed by atoms with Crippen molar-refractivity contribution in [2.45, 2.75) is 33.3 Å². The van der Waals surface area contributed by atoms with Crippen LogP contribution in [0.3, 0.4) is 0 Å². The van der Waals surface area contributed by atoms with Crippen LogP contribution in [0.2, 0.25) is 0 Å². The molecule has 3 heteroatoms. The van der Waals surface area contributed by atoms with Crippen LogP contribution in [0.25, 0.3) is 0 Å². The average Bonchev–Trinajstić information content (AvgIpc) is 2.73. The monoisotopic (exact) mass is 383 g/mol. The van der Waals surface area contributed by atoms with E-state index < -0.39 is 0 Å². The van der Waals surface area contributed by atoms with E-state index in [4.69, 9.17) is 4.74 Å². The van der Waals surface area contributed by atoms with Gasteiger partial charge in [-0.3, -0.25) is 4.98 Å². The SMILES string of the molecule is CC(=O)CC(C)Cc1ccc(C#Cc2ccc(OCc3cccnc3)cc2)cc1. The topological polar surface area (TPSA) is 39.2 Å². The van der Waals surface area contributed by atoms with Gasteiger partial charge in [0, 0.05) is 35.5 Å². The minimum absolute atomic E-state index is 0.244. The van der Waals surface area contributed by atoms with Crippen LogP contribution >= 0.6 is 0 Å². The fourth-order valence-electron chi connectivity index (χ4n) is 3.12. The molecule has 3 nitrogen and oxygen atoms in total.